The number of nitrogen functional groups attached to an aromatic ring is 3. The number of ether oxygens (including phenoxy) is 3. The van der Waals surface area contributed by atoms with E-state index in [2.05, 4.69) is 6.07 Å². The van der Waals surface area contributed by atoms with Gasteiger partial charge in [-0.25, -0.2) is 0 Å². The smallest absolute Gasteiger partial charge is 0.173 e. The maximum Gasteiger partial charge on any atom is 0.173 e. The third kappa shape index (κ3) is 4.90. The van der Waals surface area contributed by atoms with E-state index in [1.165, 1.54) is 37.7 Å². The van der Waals surface area contributed by atoms with Crippen LogP contribution in [0.5, 0.6) is 34.5 Å². The van der Waals surface area contributed by atoms with Crippen LogP contribution in [0.2, 0.25) is 0 Å². The minimum Gasteiger partial charge on any atom is -0.457 e. The molecule has 204 valence electrons. The Morgan fingerprint density at radius 2 is 0.900 bits per heavy atom. The molecule has 0 atom stereocenters. The fraction of sp³-hybridized carbons (Fsp3) is 0.294. The first-order valence-corrected chi connectivity index (χ1v) is 14.2. The van der Waals surface area contributed by atoms with Crippen molar-refractivity contribution in [3.63, 3.8) is 0 Å². The maximum atomic E-state index is 6.61. The molecule has 0 unspecified atom stereocenters. The van der Waals surface area contributed by atoms with Crippen molar-refractivity contribution in [3.05, 3.63) is 90.5 Å². The lowest BCUT2D eigenvalue weighted by Crippen LogP contribution is -2.43. The Bertz CT molecular complexity index is 1520. The molecule has 4 saturated carbocycles. The number of hydrogen-bond donors (Lipinski definition) is 3. The van der Waals surface area contributed by atoms with Gasteiger partial charge < -0.3 is 31.4 Å². The summed E-state index contributed by atoms with van der Waals surface area (Å²) in [6, 6.07) is 26.5. The summed E-state index contributed by atoms with van der Waals surface area (Å²) < 4.78 is 19.5. The van der Waals surface area contributed by atoms with E-state index < -0.39 is 0 Å². The predicted octanol–water partition coefficient (Wildman–Crippen LogP) is 8.35. The van der Waals surface area contributed by atoms with E-state index in [4.69, 9.17) is 31.4 Å². The molecule has 0 saturated heterocycles. The van der Waals surface area contributed by atoms with Crippen molar-refractivity contribution < 1.29 is 14.2 Å². The fourth-order valence-corrected chi connectivity index (χ4v) is 7.61. The molecule has 4 fully saturated rings. The Balaban J connectivity index is 1.36. The molecule has 0 spiro atoms. The number of rotatable bonds is 7. The number of nitrogens with two attached hydrogens (primary N) is 3. The Labute approximate surface area is 235 Å². The van der Waals surface area contributed by atoms with Gasteiger partial charge in [-0.2, -0.15) is 0 Å². The van der Waals surface area contributed by atoms with Gasteiger partial charge in [0.1, 0.15) is 23.0 Å². The number of benzene rings is 4. The van der Waals surface area contributed by atoms with Gasteiger partial charge in [0.25, 0.3) is 0 Å². The summed E-state index contributed by atoms with van der Waals surface area (Å²) in [6.45, 7) is 0. The minimum atomic E-state index is 0.411. The molecule has 6 N–H and O–H groups in total. The van der Waals surface area contributed by atoms with Crippen molar-refractivity contribution >= 4 is 17.1 Å². The van der Waals surface area contributed by atoms with Gasteiger partial charge in [0, 0.05) is 46.9 Å². The molecule has 0 radical (unpaired) electrons. The Hall–Kier alpha value is -4.32. The van der Waals surface area contributed by atoms with Crippen LogP contribution in [0.3, 0.4) is 0 Å². The van der Waals surface area contributed by atoms with E-state index >= 15 is 0 Å². The minimum absolute atomic E-state index is 0.411. The topological polar surface area (TPSA) is 106 Å². The van der Waals surface area contributed by atoms with Crippen molar-refractivity contribution in [2.45, 2.75) is 38.0 Å². The van der Waals surface area contributed by atoms with Crippen LogP contribution in [0.15, 0.2) is 84.9 Å². The second-order valence-electron chi connectivity index (χ2n) is 11.8. The molecule has 6 heteroatoms. The van der Waals surface area contributed by atoms with Crippen LogP contribution in [0.25, 0.3) is 0 Å². The normalized spacial score (nSPS) is 24.6. The van der Waals surface area contributed by atoms with Crippen molar-refractivity contribution in [1.29, 1.82) is 0 Å². The zero-order chi connectivity index (χ0) is 27.2. The molecule has 0 heterocycles. The lowest BCUT2D eigenvalue weighted by Gasteiger charge is -2.54. The number of hydrogen-bond acceptors (Lipinski definition) is 6. The maximum absolute atomic E-state index is 6.61. The summed E-state index contributed by atoms with van der Waals surface area (Å²) in [5, 5.41) is 0. The van der Waals surface area contributed by atoms with Gasteiger partial charge in [-0.05, 0) is 104 Å². The standard InChI is InChI=1S/C34H35N3O3/c35-24-4-1-7-27(15-24)38-31-19-33(40-29-9-3-6-26(37)17-29)32(39-28-8-2-5-25(36)16-28)18-30(31)34-22-11-20-10-21(13-22)14-23(34)12-20/h1-9,15-23,34H,10-14,35-37H2. The zero-order valence-corrected chi connectivity index (χ0v) is 22.5. The van der Waals surface area contributed by atoms with Crippen LogP contribution < -0.4 is 31.4 Å². The molecule has 0 aromatic heterocycles. The van der Waals surface area contributed by atoms with Crippen LogP contribution in [-0.4, -0.2) is 0 Å². The zero-order valence-electron chi connectivity index (χ0n) is 22.5. The van der Waals surface area contributed by atoms with Gasteiger partial charge >= 0.3 is 0 Å². The highest BCUT2D eigenvalue weighted by Gasteiger charge is 2.49. The van der Waals surface area contributed by atoms with E-state index in [1.807, 2.05) is 72.8 Å². The van der Waals surface area contributed by atoms with Gasteiger partial charge in [-0.1, -0.05) is 18.2 Å². The summed E-state index contributed by atoms with van der Waals surface area (Å²) in [5.74, 6) is 7.36. The van der Waals surface area contributed by atoms with Crippen molar-refractivity contribution in [3.8, 4) is 34.5 Å². The molecular weight excluding hydrogens is 498 g/mol. The molecule has 4 aromatic carbocycles. The Morgan fingerprint density at radius 3 is 1.35 bits per heavy atom. The van der Waals surface area contributed by atoms with Crippen molar-refractivity contribution in [2.75, 3.05) is 17.2 Å². The molecule has 0 amide bonds. The van der Waals surface area contributed by atoms with E-state index in [1.54, 1.807) is 6.07 Å². The summed E-state index contributed by atoms with van der Waals surface area (Å²) >= 11 is 0. The molecule has 8 rings (SSSR count). The molecular formula is C34H35N3O3. The lowest BCUT2D eigenvalue weighted by molar-refractivity contribution is -0.00341. The Morgan fingerprint density at radius 1 is 0.475 bits per heavy atom. The highest BCUT2D eigenvalue weighted by atomic mass is 16.5. The highest BCUT2D eigenvalue weighted by molar-refractivity contribution is 5.58. The van der Waals surface area contributed by atoms with Crippen LogP contribution in [0.4, 0.5) is 17.1 Å². The van der Waals surface area contributed by atoms with Crippen LogP contribution in [0.1, 0.15) is 43.6 Å². The van der Waals surface area contributed by atoms with Crippen LogP contribution in [-0.2, 0) is 0 Å². The van der Waals surface area contributed by atoms with Crippen molar-refractivity contribution in [2.24, 2.45) is 23.7 Å². The predicted molar refractivity (Wildman–Crippen MR) is 159 cm³/mol. The van der Waals surface area contributed by atoms with Crippen LogP contribution >= 0.6 is 0 Å². The first-order chi connectivity index (χ1) is 19.5. The lowest BCUT2D eigenvalue weighted by atomic mass is 9.50. The molecule has 4 aliphatic rings. The summed E-state index contributed by atoms with van der Waals surface area (Å²) in [5.41, 5.74) is 21.4. The van der Waals surface area contributed by atoms with E-state index in [-0.39, 0.29) is 0 Å². The molecule has 4 aromatic rings. The Kier molecular flexibility index (Phi) is 6.18. The molecule has 4 aliphatic carbocycles. The van der Waals surface area contributed by atoms with Gasteiger partial charge in [0.05, 0.1) is 0 Å². The average Bonchev–Trinajstić information content (AvgIpc) is 2.90. The van der Waals surface area contributed by atoms with Crippen molar-refractivity contribution in [1.82, 2.24) is 0 Å². The van der Waals surface area contributed by atoms with Crippen LogP contribution in [0, 0.1) is 23.7 Å². The van der Waals surface area contributed by atoms with E-state index in [0.717, 1.165) is 17.6 Å². The summed E-state index contributed by atoms with van der Waals surface area (Å²) in [6.07, 6.45) is 6.58. The van der Waals surface area contributed by atoms with Gasteiger partial charge in [-0.15, -0.1) is 0 Å². The molecule has 4 bridgehead atoms. The summed E-state index contributed by atoms with van der Waals surface area (Å²) in [7, 11) is 0. The van der Waals surface area contributed by atoms with Gasteiger partial charge in [0.2, 0.25) is 0 Å². The molecule has 40 heavy (non-hydrogen) atoms. The fourth-order valence-electron chi connectivity index (χ4n) is 7.61. The summed E-state index contributed by atoms with van der Waals surface area (Å²) in [4.78, 5) is 0. The molecule has 0 aliphatic heterocycles. The SMILES string of the molecule is Nc1cccc(Oc2cc(Oc3cccc(N)c3)c(C3C4CC5CC(C4)CC3C5)cc2Oc2cccc(N)c2)c1. The average molecular weight is 534 g/mol. The van der Waals surface area contributed by atoms with Gasteiger partial charge in [-0.3, -0.25) is 0 Å². The second kappa shape index (κ2) is 10.0. The van der Waals surface area contributed by atoms with E-state index in [0.29, 0.717) is 63.6 Å². The van der Waals surface area contributed by atoms with Gasteiger partial charge in [0.15, 0.2) is 11.5 Å². The first-order valence-electron chi connectivity index (χ1n) is 14.2. The quantitative estimate of drug-likeness (QED) is 0.206. The third-order valence-corrected chi connectivity index (χ3v) is 8.92. The van der Waals surface area contributed by atoms with E-state index in [9.17, 15) is 0 Å². The number of anilines is 3. The second-order valence-corrected chi connectivity index (χ2v) is 11.8. The third-order valence-electron chi connectivity index (χ3n) is 8.92. The monoisotopic (exact) mass is 533 g/mol. The molecule has 6 nitrogen and oxygen atoms in total. The highest BCUT2D eigenvalue weighted by Crippen LogP contribution is 2.61. The first kappa shape index (κ1) is 24.7. The largest absolute Gasteiger partial charge is 0.457 e.